The van der Waals surface area contributed by atoms with Crippen LogP contribution in [0.25, 0.3) is 0 Å². The number of hydrogen-bond donors (Lipinski definition) is 1. The summed E-state index contributed by atoms with van der Waals surface area (Å²) >= 11 is 4.20. The van der Waals surface area contributed by atoms with Gasteiger partial charge in [0.25, 0.3) is 0 Å². The molecule has 0 saturated carbocycles. The molecule has 0 aliphatic rings. The maximum absolute atomic E-state index is 12.4. The normalized spacial score (nSPS) is 11.4. The van der Waals surface area contributed by atoms with E-state index in [1.165, 1.54) is 0 Å². The molecule has 2 nitrogen and oxygen atoms in total. The van der Waals surface area contributed by atoms with Crippen molar-refractivity contribution in [3.8, 4) is 0 Å². The van der Waals surface area contributed by atoms with Gasteiger partial charge in [-0.05, 0) is 30.7 Å². The van der Waals surface area contributed by atoms with Crippen molar-refractivity contribution < 1.29 is 8.42 Å². The van der Waals surface area contributed by atoms with E-state index in [-0.39, 0.29) is 4.90 Å². The summed E-state index contributed by atoms with van der Waals surface area (Å²) in [5.74, 6) is 0. The number of aryl methyl sites for hydroxylation is 1. The number of rotatable bonds is 2. The van der Waals surface area contributed by atoms with E-state index in [2.05, 4.69) is 12.6 Å². The zero-order valence-electron chi connectivity index (χ0n) is 9.29. The lowest BCUT2D eigenvalue weighted by Crippen LogP contribution is -2.04. The topological polar surface area (TPSA) is 34.1 Å². The molecule has 2 rings (SSSR count). The molecule has 0 aromatic heterocycles. The van der Waals surface area contributed by atoms with Crippen molar-refractivity contribution in [3.05, 3.63) is 54.1 Å². The Balaban J connectivity index is 2.67. The van der Waals surface area contributed by atoms with Crippen molar-refractivity contribution in [2.45, 2.75) is 21.6 Å². The lowest BCUT2D eigenvalue weighted by molar-refractivity contribution is 0.593. The molecule has 2 aromatic rings. The zero-order chi connectivity index (χ0) is 12.5. The molecule has 0 bridgehead atoms. The van der Waals surface area contributed by atoms with Crippen molar-refractivity contribution >= 4 is 22.5 Å². The number of hydrogen-bond acceptors (Lipinski definition) is 3. The van der Waals surface area contributed by atoms with Crippen LogP contribution in [0.1, 0.15) is 5.56 Å². The van der Waals surface area contributed by atoms with Gasteiger partial charge in [0.2, 0.25) is 9.84 Å². The fourth-order valence-electron chi connectivity index (χ4n) is 1.66. The minimum atomic E-state index is -3.48. The predicted molar refractivity (Wildman–Crippen MR) is 70.3 cm³/mol. The minimum Gasteiger partial charge on any atom is -0.218 e. The summed E-state index contributed by atoms with van der Waals surface area (Å²) < 4.78 is 24.9. The molecule has 0 aliphatic heterocycles. The van der Waals surface area contributed by atoms with Crippen molar-refractivity contribution in [1.82, 2.24) is 0 Å². The molecular formula is C13H12O2S2. The van der Waals surface area contributed by atoms with Gasteiger partial charge in [0.05, 0.1) is 9.79 Å². The summed E-state index contributed by atoms with van der Waals surface area (Å²) in [5.41, 5.74) is 0.740. The van der Waals surface area contributed by atoms with Crippen LogP contribution in [0.5, 0.6) is 0 Å². The van der Waals surface area contributed by atoms with E-state index < -0.39 is 9.84 Å². The summed E-state index contributed by atoms with van der Waals surface area (Å²) in [6, 6.07) is 13.7. The minimum absolute atomic E-state index is 0.248. The highest BCUT2D eigenvalue weighted by Gasteiger charge is 2.21. The summed E-state index contributed by atoms with van der Waals surface area (Å²) in [4.78, 5) is 1.05. The van der Waals surface area contributed by atoms with E-state index in [1.807, 2.05) is 6.07 Å². The third-order valence-electron chi connectivity index (χ3n) is 2.54. The van der Waals surface area contributed by atoms with Crippen LogP contribution in [0.2, 0.25) is 0 Å². The fraction of sp³-hybridized carbons (Fsp3) is 0.0769. The van der Waals surface area contributed by atoms with Crippen molar-refractivity contribution in [2.24, 2.45) is 0 Å². The molecular weight excluding hydrogens is 252 g/mol. The second-order valence-electron chi connectivity index (χ2n) is 3.74. The predicted octanol–water partition coefficient (Wildman–Crippen LogP) is 3.12. The van der Waals surface area contributed by atoms with Crippen LogP contribution >= 0.6 is 12.6 Å². The Morgan fingerprint density at radius 3 is 2.00 bits per heavy atom. The molecule has 0 spiro atoms. The van der Waals surface area contributed by atoms with Crippen LogP contribution in [0, 0.1) is 6.92 Å². The van der Waals surface area contributed by atoms with Crippen LogP contribution < -0.4 is 0 Å². The molecule has 2 aromatic carbocycles. The van der Waals surface area contributed by atoms with Gasteiger partial charge in [0.15, 0.2) is 0 Å². The van der Waals surface area contributed by atoms with Gasteiger partial charge in [0.1, 0.15) is 0 Å². The van der Waals surface area contributed by atoms with Crippen molar-refractivity contribution in [2.75, 3.05) is 0 Å². The molecule has 88 valence electrons. The van der Waals surface area contributed by atoms with Gasteiger partial charge in [-0.3, -0.25) is 0 Å². The van der Waals surface area contributed by atoms with Crippen LogP contribution in [-0.2, 0) is 9.84 Å². The standard InChI is InChI=1S/C13H12O2S2/c1-10-6-2-4-8-12(10)17(14,15)13-9-5-3-7-11(13)16/h2-9,16H,1H3. The largest absolute Gasteiger partial charge is 0.218 e. The van der Waals surface area contributed by atoms with Gasteiger partial charge >= 0.3 is 0 Å². The fourth-order valence-corrected chi connectivity index (χ4v) is 3.77. The summed E-state index contributed by atoms with van der Waals surface area (Å²) in [6.45, 7) is 1.79. The van der Waals surface area contributed by atoms with Crippen molar-refractivity contribution in [1.29, 1.82) is 0 Å². The molecule has 17 heavy (non-hydrogen) atoms. The van der Waals surface area contributed by atoms with E-state index in [1.54, 1.807) is 49.4 Å². The number of thiol groups is 1. The quantitative estimate of drug-likeness (QED) is 0.846. The molecule has 0 fully saturated rings. The first-order valence-corrected chi connectivity index (χ1v) is 7.05. The van der Waals surface area contributed by atoms with E-state index in [4.69, 9.17) is 0 Å². The average molecular weight is 264 g/mol. The number of sulfone groups is 1. The molecule has 0 atom stereocenters. The van der Waals surface area contributed by atoms with E-state index in [9.17, 15) is 8.42 Å². The van der Waals surface area contributed by atoms with Crippen LogP contribution in [0.15, 0.2) is 63.2 Å². The highest BCUT2D eigenvalue weighted by Crippen LogP contribution is 2.27. The lowest BCUT2D eigenvalue weighted by Gasteiger charge is -2.09. The first kappa shape index (κ1) is 12.2. The second kappa shape index (κ2) is 4.55. The van der Waals surface area contributed by atoms with Gasteiger partial charge in [-0.15, -0.1) is 12.6 Å². The maximum Gasteiger partial charge on any atom is 0.207 e. The summed E-state index contributed by atoms with van der Waals surface area (Å²) in [5, 5.41) is 0. The van der Waals surface area contributed by atoms with Gasteiger partial charge < -0.3 is 0 Å². The van der Waals surface area contributed by atoms with Gasteiger partial charge in [-0.25, -0.2) is 8.42 Å². The Hall–Kier alpha value is -1.26. The van der Waals surface area contributed by atoms with Crippen LogP contribution in [0.3, 0.4) is 0 Å². The molecule has 0 radical (unpaired) electrons. The molecule has 0 saturated heterocycles. The maximum atomic E-state index is 12.4. The zero-order valence-corrected chi connectivity index (χ0v) is 11.0. The molecule has 0 unspecified atom stereocenters. The third-order valence-corrected chi connectivity index (χ3v) is 5.05. The number of benzene rings is 2. The highest BCUT2D eigenvalue weighted by atomic mass is 32.2. The Morgan fingerprint density at radius 2 is 1.41 bits per heavy atom. The average Bonchev–Trinajstić information content (AvgIpc) is 2.29. The van der Waals surface area contributed by atoms with Gasteiger partial charge in [0, 0.05) is 4.90 Å². The Labute approximate surface area is 107 Å². The molecule has 0 N–H and O–H groups in total. The molecule has 4 heteroatoms. The summed E-state index contributed by atoms with van der Waals surface area (Å²) in [7, 11) is -3.48. The Kier molecular flexibility index (Phi) is 3.26. The molecule has 0 amide bonds. The SMILES string of the molecule is Cc1ccccc1S(=O)(=O)c1ccccc1S. The first-order valence-electron chi connectivity index (χ1n) is 5.12. The monoisotopic (exact) mass is 264 g/mol. The second-order valence-corrected chi connectivity index (χ2v) is 6.10. The van der Waals surface area contributed by atoms with Crippen LogP contribution in [-0.4, -0.2) is 8.42 Å². The van der Waals surface area contributed by atoms with E-state index >= 15 is 0 Å². The van der Waals surface area contributed by atoms with E-state index in [0.29, 0.717) is 9.79 Å². The Bertz CT molecular complexity index is 594. The van der Waals surface area contributed by atoms with Gasteiger partial charge in [-0.2, -0.15) is 0 Å². The molecule has 0 aliphatic carbocycles. The summed E-state index contributed by atoms with van der Waals surface area (Å²) in [6.07, 6.45) is 0. The van der Waals surface area contributed by atoms with E-state index in [0.717, 1.165) is 5.56 Å². The van der Waals surface area contributed by atoms with Gasteiger partial charge in [-0.1, -0.05) is 30.3 Å². The molecule has 0 heterocycles. The smallest absolute Gasteiger partial charge is 0.207 e. The third kappa shape index (κ3) is 2.23. The highest BCUT2D eigenvalue weighted by molar-refractivity contribution is 7.92. The lowest BCUT2D eigenvalue weighted by atomic mass is 10.2. The first-order chi connectivity index (χ1) is 8.03. The Morgan fingerprint density at radius 1 is 0.882 bits per heavy atom. The van der Waals surface area contributed by atoms with Crippen LogP contribution in [0.4, 0.5) is 0 Å². The van der Waals surface area contributed by atoms with Crippen molar-refractivity contribution in [3.63, 3.8) is 0 Å².